The predicted octanol–water partition coefficient (Wildman–Crippen LogP) is 7.91. The van der Waals surface area contributed by atoms with Gasteiger partial charge in [0.15, 0.2) is 5.78 Å². The van der Waals surface area contributed by atoms with Crippen LogP contribution in [0.3, 0.4) is 0 Å². The first-order valence-corrected chi connectivity index (χ1v) is 12.0. The van der Waals surface area contributed by atoms with E-state index in [-0.39, 0.29) is 5.78 Å². The largest absolute Gasteiger partial charge is 0.496 e. The molecule has 3 nitrogen and oxygen atoms in total. The maximum absolute atomic E-state index is 12.6. The summed E-state index contributed by atoms with van der Waals surface area (Å²) in [5.41, 5.74) is 2.77. The third-order valence-electron chi connectivity index (χ3n) is 4.73. The molecule has 0 saturated heterocycles. The van der Waals surface area contributed by atoms with Gasteiger partial charge >= 0.3 is 0 Å². The molecule has 0 amide bonds. The summed E-state index contributed by atoms with van der Waals surface area (Å²) in [5.74, 6) is 1.48. The molecule has 0 aliphatic carbocycles. The van der Waals surface area contributed by atoms with E-state index in [9.17, 15) is 4.79 Å². The molecule has 0 bridgehead atoms. The first-order valence-electron chi connectivity index (χ1n) is 9.97. The van der Waals surface area contributed by atoms with E-state index in [0.717, 1.165) is 50.4 Å². The van der Waals surface area contributed by atoms with Gasteiger partial charge in [0.1, 0.15) is 18.1 Å². The van der Waals surface area contributed by atoms with Crippen molar-refractivity contribution >= 4 is 50.7 Å². The molecule has 3 rings (SSSR count). The van der Waals surface area contributed by atoms with Crippen molar-refractivity contribution in [2.24, 2.45) is 0 Å². The molecule has 0 radical (unpaired) electrons. The van der Waals surface area contributed by atoms with E-state index in [1.54, 1.807) is 24.5 Å². The molecule has 3 aromatic rings. The summed E-state index contributed by atoms with van der Waals surface area (Å²) in [6.07, 6.45) is 5.46. The predicted molar refractivity (Wildman–Crippen MR) is 133 cm³/mol. The number of carbonyl (C=O) groups excluding carboxylic acids is 1. The Morgan fingerprint density at radius 1 is 1.19 bits per heavy atom. The van der Waals surface area contributed by atoms with Crippen molar-refractivity contribution in [3.05, 3.63) is 84.5 Å². The third kappa shape index (κ3) is 6.22. The van der Waals surface area contributed by atoms with Gasteiger partial charge in [-0.1, -0.05) is 37.1 Å². The van der Waals surface area contributed by atoms with Crippen LogP contribution in [0.25, 0.3) is 6.08 Å². The number of thiophene rings is 1. The zero-order valence-corrected chi connectivity index (χ0v) is 20.9. The summed E-state index contributed by atoms with van der Waals surface area (Å²) in [4.78, 5) is 14.6. The van der Waals surface area contributed by atoms with Crippen LogP contribution < -0.4 is 9.47 Å². The minimum absolute atomic E-state index is 0.00156. The summed E-state index contributed by atoms with van der Waals surface area (Å²) < 4.78 is 12.4. The number of hydrogen-bond acceptors (Lipinski definition) is 4. The molecule has 31 heavy (non-hydrogen) atoms. The van der Waals surface area contributed by atoms with E-state index in [0.29, 0.717) is 11.6 Å². The van der Waals surface area contributed by atoms with Gasteiger partial charge in [-0.05, 0) is 82.9 Å². The molecular weight excluding hydrogens is 496 g/mol. The Morgan fingerprint density at radius 3 is 2.71 bits per heavy atom. The fourth-order valence-corrected chi connectivity index (χ4v) is 5.08. The van der Waals surface area contributed by atoms with E-state index in [4.69, 9.17) is 21.1 Å². The van der Waals surface area contributed by atoms with Crippen LogP contribution >= 0.6 is 38.9 Å². The fraction of sp³-hybridized carbons (Fsp3) is 0.240. The van der Waals surface area contributed by atoms with Gasteiger partial charge in [0, 0.05) is 19.9 Å². The highest BCUT2D eigenvalue weighted by Gasteiger charge is 2.11. The van der Waals surface area contributed by atoms with Gasteiger partial charge < -0.3 is 9.47 Å². The van der Waals surface area contributed by atoms with Gasteiger partial charge in [-0.25, -0.2) is 0 Å². The van der Waals surface area contributed by atoms with E-state index < -0.39 is 0 Å². The smallest absolute Gasteiger partial charge is 0.195 e. The zero-order valence-electron chi connectivity index (χ0n) is 17.7. The number of carbonyl (C=O) groups is 1. The molecule has 0 atom stereocenters. The van der Waals surface area contributed by atoms with Gasteiger partial charge in [0.05, 0.1) is 12.0 Å². The van der Waals surface area contributed by atoms with Crippen LogP contribution in [0.2, 0.25) is 5.02 Å². The number of halogens is 2. The standard InChI is InChI=1S/C25H24BrClO3S/c1-4-5-24-20(26)14-25(31-24)22(28)10-6-17-7-11-23(29-3)18(13-17)15-30-19-8-9-21(27)16(2)12-19/h6-14H,4-5,15H2,1-3H3/b10-6+. The van der Waals surface area contributed by atoms with Crippen LogP contribution in [0, 0.1) is 6.92 Å². The molecule has 2 aromatic carbocycles. The second kappa shape index (κ2) is 11.0. The van der Waals surface area contributed by atoms with Crippen LogP contribution in [-0.2, 0) is 13.0 Å². The number of rotatable bonds is 9. The molecule has 0 spiro atoms. The SMILES string of the molecule is CCCc1sc(C(=O)/C=C/c2ccc(OC)c(COc3ccc(Cl)c(C)c3)c2)cc1Br. The Labute approximate surface area is 200 Å². The number of ketones is 1. The van der Waals surface area contributed by atoms with Crippen LogP contribution in [0.15, 0.2) is 53.0 Å². The zero-order chi connectivity index (χ0) is 22.4. The molecule has 0 saturated carbocycles. The lowest BCUT2D eigenvalue weighted by Gasteiger charge is -2.12. The molecule has 1 heterocycles. The first-order chi connectivity index (χ1) is 14.9. The Hall–Kier alpha value is -2.08. The van der Waals surface area contributed by atoms with Crippen LogP contribution in [0.1, 0.15) is 44.6 Å². The molecule has 162 valence electrons. The lowest BCUT2D eigenvalue weighted by atomic mass is 10.1. The lowest BCUT2D eigenvalue weighted by Crippen LogP contribution is -1.99. The minimum atomic E-state index is -0.00156. The fourth-order valence-electron chi connectivity index (χ4n) is 3.06. The Balaban J connectivity index is 1.73. The van der Waals surface area contributed by atoms with E-state index in [2.05, 4.69) is 22.9 Å². The maximum atomic E-state index is 12.6. The highest BCUT2D eigenvalue weighted by molar-refractivity contribution is 9.10. The van der Waals surface area contributed by atoms with Crippen molar-refractivity contribution in [2.75, 3.05) is 7.11 Å². The number of aryl methyl sites for hydroxylation is 2. The van der Waals surface area contributed by atoms with Crippen molar-refractivity contribution in [1.82, 2.24) is 0 Å². The summed E-state index contributed by atoms with van der Waals surface area (Å²) in [6, 6.07) is 13.3. The van der Waals surface area contributed by atoms with E-state index in [1.807, 2.05) is 55.5 Å². The Morgan fingerprint density at radius 2 is 2.00 bits per heavy atom. The number of methoxy groups -OCH3 is 1. The topological polar surface area (TPSA) is 35.5 Å². The van der Waals surface area contributed by atoms with Gasteiger partial charge in [-0.15, -0.1) is 11.3 Å². The summed E-state index contributed by atoms with van der Waals surface area (Å²) in [5, 5.41) is 0.710. The number of allylic oxidation sites excluding steroid dienone is 1. The number of benzene rings is 2. The molecule has 0 aliphatic rings. The van der Waals surface area contributed by atoms with Gasteiger partial charge in [0.2, 0.25) is 0 Å². The third-order valence-corrected chi connectivity index (χ3v) is 7.34. The van der Waals surface area contributed by atoms with Gasteiger partial charge in [0.25, 0.3) is 0 Å². The van der Waals surface area contributed by atoms with Crippen LogP contribution in [0.4, 0.5) is 0 Å². The van der Waals surface area contributed by atoms with Crippen molar-refractivity contribution < 1.29 is 14.3 Å². The Kier molecular flexibility index (Phi) is 8.35. The first kappa shape index (κ1) is 23.6. The van der Waals surface area contributed by atoms with Crippen molar-refractivity contribution in [2.45, 2.75) is 33.3 Å². The summed E-state index contributed by atoms with van der Waals surface area (Å²) >= 11 is 11.2. The van der Waals surface area contributed by atoms with E-state index >= 15 is 0 Å². The monoisotopic (exact) mass is 518 g/mol. The average molecular weight is 520 g/mol. The van der Waals surface area contributed by atoms with Crippen LogP contribution in [0.5, 0.6) is 11.5 Å². The molecule has 0 fully saturated rings. The Bertz CT molecular complexity index is 1100. The summed E-state index contributed by atoms with van der Waals surface area (Å²) in [6.45, 7) is 4.42. The second-order valence-corrected chi connectivity index (χ2v) is 9.50. The van der Waals surface area contributed by atoms with Gasteiger partial charge in [-0.3, -0.25) is 4.79 Å². The van der Waals surface area contributed by atoms with Crippen LogP contribution in [-0.4, -0.2) is 12.9 Å². The number of ether oxygens (including phenoxy) is 2. The lowest BCUT2D eigenvalue weighted by molar-refractivity contribution is 0.105. The normalized spacial score (nSPS) is 11.1. The molecular formula is C25H24BrClO3S. The average Bonchev–Trinajstić information content (AvgIpc) is 3.13. The van der Waals surface area contributed by atoms with Gasteiger partial charge in [-0.2, -0.15) is 0 Å². The molecule has 0 N–H and O–H groups in total. The van der Waals surface area contributed by atoms with Crippen molar-refractivity contribution in [3.63, 3.8) is 0 Å². The summed E-state index contributed by atoms with van der Waals surface area (Å²) in [7, 11) is 1.63. The van der Waals surface area contributed by atoms with Crippen molar-refractivity contribution in [3.8, 4) is 11.5 Å². The highest BCUT2D eigenvalue weighted by Crippen LogP contribution is 2.30. The van der Waals surface area contributed by atoms with Crippen molar-refractivity contribution in [1.29, 1.82) is 0 Å². The molecule has 0 aliphatic heterocycles. The second-order valence-electron chi connectivity index (χ2n) is 7.10. The minimum Gasteiger partial charge on any atom is -0.496 e. The maximum Gasteiger partial charge on any atom is 0.195 e. The van der Waals surface area contributed by atoms with E-state index in [1.165, 1.54) is 4.88 Å². The molecule has 6 heteroatoms. The molecule has 1 aromatic heterocycles. The molecule has 0 unspecified atom stereocenters. The quantitative estimate of drug-likeness (QED) is 0.213. The highest BCUT2D eigenvalue weighted by atomic mass is 79.9. The number of hydrogen-bond donors (Lipinski definition) is 0.